The molecule has 0 bridgehead atoms. The van der Waals surface area contributed by atoms with Crippen molar-refractivity contribution in [2.75, 3.05) is 6.61 Å². The number of rotatable bonds is 9. The van der Waals surface area contributed by atoms with E-state index in [1.807, 2.05) is 43.3 Å². The van der Waals surface area contributed by atoms with Gasteiger partial charge in [0, 0.05) is 5.92 Å². The summed E-state index contributed by atoms with van der Waals surface area (Å²) < 4.78 is 10.4. The second kappa shape index (κ2) is 10.0. The van der Waals surface area contributed by atoms with Crippen molar-refractivity contribution in [1.29, 1.82) is 0 Å². The summed E-state index contributed by atoms with van der Waals surface area (Å²) in [4.78, 5) is 36.7. The molecule has 0 fully saturated rings. The number of carbonyl (C=O) groups excluding carboxylic acids is 2. The van der Waals surface area contributed by atoms with Gasteiger partial charge in [0.05, 0.1) is 6.54 Å². The zero-order chi connectivity index (χ0) is 25.0. The number of alkyl carbamates (subject to hydrolysis) is 1. The van der Waals surface area contributed by atoms with E-state index in [-0.39, 0.29) is 36.7 Å². The molecule has 1 aliphatic carbocycles. The Morgan fingerprint density at radius 3 is 2.31 bits per heavy atom. The molecule has 1 heterocycles. The van der Waals surface area contributed by atoms with Gasteiger partial charge in [0.2, 0.25) is 0 Å². The minimum atomic E-state index is -1.43. The van der Waals surface area contributed by atoms with Crippen LogP contribution in [0.25, 0.3) is 11.1 Å². The van der Waals surface area contributed by atoms with Crippen molar-refractivity contribution in [3.63, 3.8) is 0 Å². The van der Waals surface area contributed by atoms with Crippen LogP contribution in [0.1, 0.15) is 59.8 Å². The molecule has 9 nitrogen and oxygen atoms in total. The zero-order valence-corrected chi connectivity index (χ0v) is 19.5. The largest absolute Gasteiger partial charge is 0.480 e. The number of fused-ring (bicyclic) bond motifs is 3. The minimum Gasteiger partial charge on any atom is -0.480 e. The summed E-state index contributed by atoms with van der Waals surface area (Å²) in [5, 5.41) is 18.4. The van der Waals surface area contributed by atoms with Crippen molar-refractivity contribution in [2.45, 2.75) is 44.7 Å². The van der Waals surface area contributed by atoms with E-state index in [4.69, 9.17) is 9.26 Å². The molecule has 9 heteroatoms. The van der Waals surface area contributed by atoms with Crippen molar-refractivity contribution in [3.05, 3.63) is 77.2 Å². The van der Waals surface area contributed by atoms with Gasteiger partial charge in [-0.15, -0.1) is 0 Å². The van der Waals surface area contributed by atoms with Gasteiger partial charge in [-0.25, -0.2) is 9.59 Å². The standard InChI is InChI=1S/C26H27N3O6/c1-3-12-26(2,24(31)32)28-23(30)21-15-35-29-22(21)13-27-25(33)34-14-20-18-10-6-4-8-16(18)17-9-5-7-11-19(17)20/h4-11,15,20H,3,12-14H2,1-2H3,(H,27,33)(H,28,30)(H,31,32). The van der Waals surface area contributed by atoms with Gasteiger partial charge in [-0.05, 0) is 35.6 Å². The average molecular weight is 478 g/mol. The molecule has 1 aromatic heterocycles. The highest BCUT2D eigenvalue weighted by atomic mass is 16.5. The number of nitrogens with one attached hydrogen (secondary N) is 2. The van der Waals surface area contributed by atoms with Gasteiger partial charge < -0.3 is 25.0 Å². The van der Waals surface area contributed by atoms with Gasteiger partial charge in [0.15, 0.2) is 0 Å². The van der Waals surface area contributed by atoms with Crippen LogP contribution >= 0.6 is 0 Å². The highest BCUT2D eigenvalue weighted by Gasteiger charge is 2.35. The monoisotopic (exact) mass is 477 g/mol. The molecule has 1 aliphatic rings. The van der Waals surface area contributed by atoms with E-state index in [1.165, 1.54) is 6.92 Å². The Kier molecular flexibility index (Phi) is 6.86. The molecule has 0 radical (unpaired) electrons. The Labute approximate surface area is 202 Å². The van der Waals surface area contributed by atoms with Crippen LogP contribution in [-0.2, 0) is 16.1 Å². The fraction of sp³-hybridized carbons (Fsp3) is 0.308. The van der Waals surface area contributed by atoms with Crippen LogP contribution in [0.15, 0.2) is 59.3 Å². The van der Waals surface area contributed by atoms with E-state index in [9.17, 15) is 19.5 Å². The first-order chi connectivity index (χ1) is 16.8. The third-order valence-electron chi connectivity index (χ3n) is 6.24. The fourth-order valence-electron chi connectivity index (χ4n) is 4.42. The van der Waals surface area contributed by atoms with Crippen LogP contribution in [0, 0.1) is 0 Å². The molecular formula is C26H27N3O6. The molecule has 0 saturated carbocycles. The fourth-order valence-corrected chi connectivity index (χ4v) is 4.42. The van der Waals surface area contributed by atoms with Crippen LogP contribution < -0.4 is 10.6 Å². The maximum absolute atomic E-state index is 12.7. The lowest BCUT2D eigenvalue weighted by molar-refractivity contribution is -0.144. The second-order valence-electron chi connectivity index (χ2n) is 8.70. The molecule has 4 rings (SSSR count). The van der Waals surface area contributed by atoms with Gasteiger partial charge >= 0.3 is 12.1 Å². The molecule has 3 aromatic rings. The average Bonchev–Trinajstić information content (AvgIpc) is 3.44. The molecule has 3 N–H and O–H groups in total. The van der Waals surface area contributed by atoms with Gasteiger partial charge in [-0.3, -0.25) is 4.79 Å². The summed E-state index contributed by atoms with van der Waals surface area (Å²) in [5.41, 5.74) is 3.25. The molecular weight excluding hydrogens is 450 g/mol. The SMILES string of the molecule is CCCC(C)(NC(=O)c1conc1CNC(=O)OCC1c2ccccc2-c2ccccc21)C(=O)O. The first kappa shape index (κ1) is 24.0. The van der Waals surface area contributed by atoms with Crippen molar-refractivity contribution in [3.8, 4) is 11.1 Å². The third kappa shape index (κ3) is 4.89. The van der Waals surface area contributed by atoms with E-state index in [2.05, 4.69) is 27.9 Å². The predicted molar refractivity (Wildman–Crippen MR) is 127 cm³/mol. The Morgan fingerprint density at radius 2 is 1.71 bits per heavy atom. The quantitative estimate of drug-likeness (QED) is 0.423. The van der Waals surface area contributed by atoms with Crippen molar-refractivity contribution < 1.29 is 28.8 Å². The van der Waals surface area contributed by atoms with Crippen LogP contribution in [0.3, 0.4) is 0 Å². The van der Waals surface area contributed by atoms with Gasteiger partial charge in [0.25, 0.3) is 5.91 Å². The lowest BCUT2D eigenvalue weighted by Crippen LogP contribution is -2.52. The van der Waals surface area contributed by atoms with E-state index in [1.54, 1.807) is 0 Å². The predicted octanol–water partition coefficient (Wildman–Crippen LogP) is 4.09. The summed E-state index contributed by atoms with van der Waals surface area (Å²) >= 11 is 0. The first-order valence-electron chi connectivity index (χ1n) is 11.4. The first-order valence-corrected chi connectivity index (χ1v) is 11.4. The van der Waals surface area contributed by atoms with E-state index < -0.39 is 23.5 Å². The maximum Gasteiger partial charge on any atom is 0.407 e. The van der Waals surface area contributed by atoms with Crippen LogP contribution in [0.2, 0.25) is 0 Å². The highest BCUT2D eigenvalue weighted by Crippen LogP contribution is 2.44. The number of hydrogen-bond acceptors (Lipinski definition) is 6. The Bertz CT molecular complexity index is 1210. The number of amides is 2. The molecule has 2 aromatic carbocycles. The second-order valence-corrected chi connectivity index (χ2v) is 8.70. The number of benzene rings is 2. The van der Waals surface area contributed by atoms with Gasteiger partial charge in [0.1, 0.15) is 29.7 Å². The van der Waals surface area contributed by atoms with E-state index in [0.29, 0.717) is 6.42 Å². The summed E-state index contributed by atoms with van der Waals surface area (Å²) in [6.07, 6.45) is 1.29. The Hall–Kier alpha value is -4.14. The maximum atomic E-state index is 12.7. The molecule has 182 valence electrons. The number of aromatic nitrogens is 1. The van der Waals surface area contributed by atoms with Crippen molar-refractivity contribution >= 4 is 18.0 Å². The topological polar surface area (TPSA) is 131 Å². The normalized spacial score (nSPS) is 13.9. The number of carboxylic acids is 1. The van der Waals surface area contributed by atoms with Gasteiger partial charge in [-0.1, -0.05) is 67.0 Å². The number of nitrogens with zero attached hydrogens (tertiary/aromatic N) is 1. The van der Waals surface area contributed by atoms with E-state index >= 15 is 0 Å². The number of carbonyl (C=O) groups is 3. The smallest absolute Gasteiger partial charge is 0.407 e. The highest BCUT2D eigenvalue weighted by molar-refractivity contribution is 5.98. The number of aliphatic carboxylic acids is 1. The number of carboxylic acid groups (broad SMARTS) is 1. The minimum absolute atomic E-state index is 0.0486. The summed E-state index contributed by atoms with van der Waals surface area (Å²) in [7, 11) is 0. The molecule has 1 atom stereocenters. The third-order valence-corrected chi connectivity index (χ3v) is 6.24. The molecule has 0 aliphatic heterocycles. The van der Waals surface area contributed by atoms with Crippen LogP contribution in [-0.4, -0.2) is 40.4 Å². The summed E-state index contributed by atoms with van der Waals surface area (Å²) in [6.45, 7) is 3.31. The summed E-state index contributed by atoms with van der Waals surface area (Å²) in [5.74, 6) is -1.86. The van der Waals surface area contributed by atoms with Crippen LogP contribution in [0.4, 0.5) is 4.79 Å². The molecule has 0 saturated heterocycles. The molecule has 2 amide bonds. The Balaban J connectivity index is 1.37. The van der Waals surface area contributed by atoms with Crippen molar-refractivity contribution in [1.82, 2.24) is 15.8 Å². The van der Waals surface area contributed by atoms with Crippen LogP contribution in [0.5, 0.6) is 0 Å². The lowest BCUT2D eigenvalue weighted by atomic mass is 9.96. The molecule has 0 spiro atoms. The number of ether oxygens (including phenoxy) is 1. The van der Waals surface area contributed by atoms with E-state index in [0.717, 1.165) is 28.5 Å². The van der Waals surface area contributed by atoms with Gasteiger partial charge in [-0.2, -0.15) is 0 Å². The van der Waals surface area contributed by atoms with Crippen molar-refractivity contribution in [2.24, 2.45) is 0 Å². The molecule has 1 unspecified atom stereocenters. The Morgan fingerprint density at radius 1 is 1.09 bits per heavy atom. The number of hydrogen-bond donors (Lipinski definition) is 3. The summed E-state index contributed by atoms with van der Waals surface area (Å²) in [6, 6.07) is 16.1. The molecule has 35 heavy (non-hydrogen) atoms. The zero-order valence-electron chi connectivity index (χ0n) is 19.5. The lowest BCUT2D eigenvalue weighted by Gasteiger charge is -2.25.